The predicted molar refractivity (Wildman–Crippen MR) is 170 cm³/mol. The van der Waals surface area contributed by atoms with Crippen molar-refractivity contribution in [2.75, 3.05) is 19.6 Å². The Morgan fingerprint density at radius 3 is 2.57 bits per heavy atom. The Balaban J connectivity index is 1.32. The zero-order chi connectivity index (χ0) is 32.0. The minimum absolute atomic E-state index is 0.0664. The molecule has 1 saturated heterocycles. The van der Waals surface area contributed by atoms with Crippen molar-refractivity contribution in [2.24, 2.45) is 0 Å². The van der Waals surface area contributed by atoms with Crippen molar-refractivity contribution in [1.29, 1.82) is 0 Å². The van der Waals surface area contributed by atoms with Crippen LogP contribution in [0.5, 0.6) is 0 Å². The molecule has 2 atom stereocenters. The molecule has 6 rings (SSSR count). The second-order valence-corrected chi connectivity index (χ2v) is 11.9. The van der Waals surface area contributed by atoms with Gasteiger partial charge in [0.05, 0.1) is 23.8 Å². The molecule has 3 amide bonds. The molecule has 0 saturated carbocycles. The normalized spacial score (nSPS) is 19.5. The number of carbonyl (C=O) groups excluding carboxylic acids is 3. The maximum Gasteiger partial charge on any atom is 0.257 e. The van der Waals surface area contributed by atoms with Gasteiger partial charge in [0, 0.05) is 50.2 Å². The molecule has 12 heteroatoms. The number of hydrogen-bond acceptors (Lipinski definition) is 8. The fourth-order valence-corrected chi connectivity index (χ4v) is 6.30. The van der Waals surface area contributed by atoms with Crippen molar-refractivity contribution in [1.82, 2.24) is 44.8 Å². The summed E-state index contributed by atoms with van der Waals surface area (Å²) in [5.74, 6) is 1.25. The molecule has 4 aromatic rings. The number of piperidine rings is 1. The summed E-state index contributed by atoms with van der Waals surface area (Å²) < 4.78 is 1.80. The van der Waals surface area contributed by atoms with Gasteiger partial charge in [-0.05, 0) is 63.6 Å². The largest absolute Gasteiger partial charge is 0.344 e. The highest BCUT2D eigenvalue weighted by atomic mass is 16.2. The van der Waals surface area contributed by atoms with Crippen LogP contribution in [0.2, 0.25) is 0 Å². The summed E-state index contributed by atoms with van der Waals surface area (Å²) in [5, 5.41) is 7.92. The number of nitrogens with zero attached hydrogens (tertiary/aromatic N) is 8. The Labute approximate surface area is 268 Å². The van der Waals surface area contributed by atoms with Crippen LogP contribution in [0.1, 0.15) is 71.4 Å². The zero-order valence-electron chi connectivity index (χ0n) is 26.3. The van der Waals surface area contributed by atoms with Crippen molar-refractivity contribution >= 4 is 17.7 Å². The Morgan fingerprint density at radius 2 is 1.78 bits per heavy atom. The van der Waals surface area contributed by atoms with Crippen LogP contribution >= 0.6 is 0 Å². The van der Waals surface area contributed by atoms with Gasteiger partial charge in [-0.25, -0.2) is 19.6 Å². The van der Waals surface area contributed by atoms with E-state index in [2.05, 4.69) is 25.4 Å². The molecule has 1 N–H and O–H groups in total. The van der Waals surface area contributed by atoms with E-state index in [9.17, 15) is 14.4 Å². The lowest BCUT2D eigenvalue weighted by Crippen LogP contribution is -2.53. The molecule has 46 heavy (non-hydrogen) atoms. The summed E-state index contributed by atoms with van der Waals surface area (Å²) in [6, 6.07) is 12.6. The van der Waals surface area contributed by atoms with Crippen LogP contribution in [-0.4, -0.2) is 82.9 Å². The van der Waals surface area contributed by atoms with E-state index >= 15 is 0 Å². The second-order valence-electron chi connectivity index (χ2n) is 11.9. The second kappa shape index (κ2) is 14.0. The van der Waals surface area contributed by atoms with Crippen molar-refractivity contribution in [3.63, 3.8) is 0 Å². The molecule has 2 aliphatic rings. The van der Waals surface area contributed by atoms with Crippen LogP contribution in [0.25, 0.3) is 11.4 Å². The highest BCUT2D eigenvalue weighted by molar-refractivity contribution is 5.95. The number of nitrogens with one attached hydrogen (secondary N) is 1. The summed E-state index contributed by atoms with van der Waals surface area (Å²) in [4.78, 5) is 62.8. The van der Waals surface area contributed by atoms with Gasteiger partial charge in [-0.3, -0.25) is 19.4 Å². The van der Waals surface area contributed by atoms with E-state index in [4.69, 9.17) is 4.98 Å². The molecule has 1 aromatic carbocycles. The highest BCUT2D eigenvalue weighted by Gasteiger charge is 2.34. The summed E-state index contributed by atoms with van der Waals surface area (Å²) in [7, 11) is 0. The SMILES string of the molecule is Cc1nc2n(n1)CCN(C(=O)c1cnc(-c3cccnc3)nc1C)CCCC(=O)N1CCCC[C@H]1C(=O)N[C@@H]2Cc1ccccc1. The quantitative estimate of drug-likeness (QED) is 0.366. The average Bonchev–Trinajstić information content (AvgIpc) is 3.46. The third-order valence-electron chi connectivity index (χ3n) is 8.66. The monoisotopic (exact) mass is 621 g/mol. The Bertz CT molecular complexity index is 1690. The maximum atomic E-state index is 14.0. The van der Waals surface area contributed by atoms with Crippen molar-refractivity contribution in [2.45, 2.75) is 71.0 Å². The molecule has 5 heterocycles. The van der Waals surface area contributed by atoms with E-state index in [0.717, 1.165) is 24.0 Å². The number of carbonyl (C=O) groups is 3. The van der Waals surface area contributed by atoms with Crippen molar-refractivity contribution < 1.29 is 14.4 Å². The highest BCUT2D eigenvalue weighted by Crippen LogP contribution is 2.24. The van der Waals surface area contributed by atoms with Crippen molar-refractivity contribution in [3.8, 4) is 11.4 Å². The molecule has 0 bridgehead atoms. The average molecular weight is 622 g/mol. The molecule has 1 fully saturated rings. The fourth-order valence-electron chi connectivity index (χ4n) is 6.30. The van der Waals surface area contributed by atoms with Gasteiger partial charge in [-0.1, -0.05) is 30.3 Å². The molecule has 0 aliphatic carbocycles. The molecule has 3 aromatic heterocycles. The Hall–Kier alpha value is -5.00. The van der Waals surface area contributed by atoms with Crippen LogP contribution < -0.4 is 5.32 Å². The predicted octanol–water partition coefficient (Wildman–Crippen LogP) is 3.46. The van der Waals surface area contributed by atoms with Crippen LogP contribution in [0.15, 0.2) is 61.1 Å². The number of aromatic nitrogens is 6. The van der Waals surface area contributed by atoms with Gasteiger partial charge in [0.15, 0.2) is 5.82 Å². The maximum absolute atomic E-state index is 14.0. The number of benzene rings is 1. The lowest BCUT2D eigenvalue weighted by atomic mass is 9.99. The van der Waals surface area contributed by atoms with Crippen molar-refractivity contribution in [3.05, 3.63) is 89.5 Å². The van der Waals surface area contributed by atoms with Gasteiger partial charge in [-0.15, -0.1) is 0 Å². The molecule has 0 unspecified atom stereocenters. The molecular weight excluding hydrogens is 582 g/mol. The molecule has 12 nitrogen and oxygen atoms in total. The van der Waals surface area contributed by atoms with E-state index in [1.807, 2.05) is 49.4 Å². The fraction of sp³-hybridized carbons (Fsp3) is 0.412. The zero-order valence-corrected chi connectivity index (χ0v) is 26.3. The standard InChI is InChI=1S/C34H39N9O3/c1-23-27(22-36-31(37-23)26-12-8-15-35-21-26)34(46)41-16-9-14-30(44)42-17-7-6-13-29(42)33(45)39-28(20-25-10-4-3-5-11-25)32-38-24(2)40-43(32)19-18-41/h3-5,8,10-12,15,21-22,28-29H,6-7,9,13-14,16-20H2,1-2H3,(H,39,45)/t28-,29+/m1/s1. The van der Waals surface area contributed by atoms with Crippen LogP contribution in [0, 0.1) is 13.8 Å². The summed E-state index contributed by atoms with van der Waals surface area (Å²) in [6.07, 6.45) is 8.50. The smallest absolute Gasteiger partial charge is 0.257 e. The van der Waals surface area contributed by atoms with Gasteiger partial charge >= 0.3 is 0 Å². The topological polar surface area (TPSA) is 139 Å². The number of hydrogen-bond donors (Lipinski definition) is 1. The molecule has 0 radical (unpaired) electrons. The third-order valence-corrected chi connectivity index (χ3v) is 8.66. The first-order valence-corrected chi connectivity index (χ1v) is 16.0. The van der Waals surface area contributed by atoms with E-state index in [0.29, 0.717) is 74.2 Å². The number of pyridine rings is 1. The minimum Gasteiger partial charge on any atom is -0.344 e. The number of fused-ring (bicyclic) bond motifs is 2. The first kappa shape index (κ1) is 31.0. The summed E-state index contributed by atoms with van der Waals surface area (Å²) in [5.41, 5.74) is 2.78. The van der Waals surface area contributed by atoms with Gasteiger partial charge in [0.1, 0.15) is 17.7 Å². The van der Waals surface area contributed by atoms with Gasteiger partial charge in [0.2, 0.25) is 11.8 Å². The number of amides is 3. The van der Waals surface area contributed by atoms with E-state index < -0.39 is 12.1 Å². The summed E-state index contributed by atoms with van der Waals surface area (Å²) >= 11 is 0. The van der Waals surface area contributed by atoms with Crippen LogP contribution in [-0.2, 0) is 22.6 Å². The first-order chi connectivity index (χ1) is 22.4. The van der Waals surface area contributed by atoms with E-state index in [1.54, 1.807) is 40.0 Å². The van der Waals surface area contributed by atoms with E-state index in [-0.39, 0.29) is 24.1 Å². The number of aryl methyl sites for hydroxylation is 2. The lowest BCUT2D eigenvalue weighted by molar-refractivity contribution is -0.142. The van der Waals surface area contributed by atoms with Crippen LogP contribution in [0.4, 0.5) is 0 Å². The van der Waals surface area contributed by atoms with Crippen LogP contribution in [0.3, 0.4) is 0 Å². The first-order valence-electron chi connectivity index (χ1n) is 16.0. The number of rotatable bonds is 4. The minimum atomic E-state index is -0.546. The lowest BCUT2D eigenvalue weighted by Gasteiger charge is -2.36. The Morgan fingerprint density at radius 1 is 0.935 bits per heavy atom. The molecule has 0 spiro atoms. The molecule has 2 aliphatic heterocycles. The summed E-state index contributed by atoms with van der Waals surface area (Å²) in [6.45, 7) is 5.21. The van der Waals surface area contributed by atoms with E-state index in [1.165, 1.54) is 0 Å². The molecule has 238 valence electrons. The Kier molecular flexibility index (Phi) is 9.41. The van der Waals surface area contributed by atoms with Gasteiger partial charge < -0.3 is 15.1 Å². The van der Waals surface area contributed by atoms with Gasteiger partial charge in [-0.2, -0.15) is 5.10 Å². The van der Waals surface area contributed by atoms with Gasteiger partial charge in [0.25, 0.3) is 5.91 Å². The molecular formula is C34H39N9O3. The third kappa shape index (κ3) is 6.95.